The van der Waals surface area contributed by atoms with Crippen molar-refractivity contribution in [3.63, 3.8) is 0 Å². The Balaban J connectivity index is 1.37. The number of methoxy groups -OCH3 is 1. The predicted molar refractivity (Wildman–Crippen MR) is 146 cm³/mol. The van der Waals surface area contributed by atoms with Crippen molar-refractivity contribution in [3.05, 3.63) is 83.7 Å². The van der Waals surface area contributed by atoms with Crippen molar-refractivity contribution < 1.29 is 28.6 Å². The van der Waals surface area contributed by atoms with Crippen LogP contribution in [-0.2, 0) is 22.6 Å². The molecule has 5 aliphatic heterocycles. The number of pyridine rings is 1. The Morgan fingerprint density at radius 2 is 1.77 bits per heavy atom. The van der Waals surface area contributed by atoms with E-state index in [4.69, 9.17) is 14.2 Å². The molecular formula is C30H32N4O6. The van der Waals surface area contributed by atoms with Gasteiger partial charge in [0, 0.05) is 50.4 Å². The topological polar surface area (TPSA) is 119 Å². The van der Waals surface area contributed by atoms with Crippen molar-refractivity contribution in [2.75, 3.05) is 26.8 Å². The quantitative estimate of drug-likeness (QED) is 0.509. The molecule has 5 aliphatic rings. The molecule has 2 atom stereocenters. The van der Waals surface area contributed by atoms with Gasteiger partial charge in [0.15, 0.2) is 18.1 Å². The molecule has 3 aromatic rings. The second-order valence-corrected chi connectivity index (χ2v) is 9.80. The van der Waals surface area contributed by atoms with E-state index >= 15 is 0 Å². The summed E-state index contributed by atoms with van der Waals surface area (Å²) in [6, 6.07) is 15.8. The molecule has 2 aromatic carbocycles. The van der Waals surface area contributed by atoms with Gasteiger partial charge in [0.2, 0.25) is 5.91 Å². The summed E-state index contributed by atoms with van der Waals surface area (Å²) in [7, 11) is 1.53. The number of hydrogen-bond donors (Lipinski definition) is 2. The van der Waals surface area contributed by atoms with Gasteiger partial charge in [-0.2, -0.15) is 0 Å². The molecule has 3 amide bonds. The van der Waals surface area contributed by atoms with Gasteiger partial charge < -0.3 is 29.7 Å². The van der Waals surface area contributed by atoms with Gasteiger partial charge in [0.1, 0.15) is 11.9 Å². The molecule has 6 heterocycles. The first-order valence-corrected chi connectivity index (χ1v) is 13.3. The van der Waals surface area contributed by atoms with Crippen molar-refractivity contribution in [1.82, 2.24) is 20.5 Å². The van der Waals surface area contributed by atoms with E-state index in [1.807, 2.05) is 36.4 Å². The highest BCUT2D eigenvalue weighted by Crippen LogP contribution is 2.29. The third kappa shape index (κ3) is 6.69. The fourth-order valence-electron chi connectivity index (χ4n) is 4.86. The smallest absolute Gasteiger partial charge is 0.258 e. The summed E-state index contributed by atoms with van der Waals surface area (Å²) in [6.07, 6.45) is 4.19. The van der Waals surface area contributed by atoms with Crippen LogP contribution in [0.3, 0.4) is 0 Å². The SMILES string of the molecule is COc1cc2ccc1OCC(=O)N[C@@H]1CN(C(=O)c3ccncc3)CC[C@H]1Oc1ccc(cc1)CNC(=O)CC2. The fraction of sp³-hybridized carbons (Fsp3) is 0.333. The predicted octanol–water partition coefficient (Wildman–Crippen LogP) is 2.51. The lowest BCUT2D eigenvalue weighted by molar-refractivity contribution is -0.125. The van der Waals surface area contributed by atoms with Crippen molar-refractivity contribution in [1.29, 1.82) is 0 Å². The molecule has 4 bridgehead atoms. The van der Waals surface area contributed by atoms with E-state index in [2.05, 4.69) is 15.6 Å². The van der Waals surface area contributed by atoms with Crippen LogP contribution >= 0.6 is 0 Å². The average Bonchev–Trinajstić information content (AvgIpc) is 2.99. The van der Waals surface area contributed by atoms with Crippen LogP contribution in [0, 0.1) is 0 Å². The van der Waals surface area contributed by atoms with Crippen LogP contribution in [0.4, 0.5) is 0 Å². The number of rotatable bonds is 2. The first kappa shape index (κ1) is 27.0. The van der Waals surface area contributed by atoms with E-state index in [1.54, 1.807) is 35.5 Å². The van der Waals surface area contributed by atoms with Crippen molar-refractivity contribution >= 4 is 17.7 Å². The van der Waals surface area contributed by atoms with Gasteiger partial charge in [0.05, 0.1) is 13.2 Å². The molecule has 8 rings (SSSR count). The maximum atomic E-state index is 13.1. The summed E-state index contributed by atoms with van der Waals surface area (Å²) in [5.74, 6) is 1.02. The Kier molecular flexibility index (Phi) is 8.44. The lowest BCUT2D eigenvalue weighted by atomic mass is 10.0. The Morgan fingerprint density at radius 1 is 1.00 bits per heavy atom. The van der Waals surface area contributed by atoms with E-state index in [0.29, 0.717) is 55.2 Å². The van der Waals surface area contributed by atoms with E-state index in [-0.39, 0.29) is 37.0 Å². The first-order valence-electron chi connectivity index (χ1n) is 13.3. The summed E-state index contributed by atoms with van der Waals surface area (Å²) < 4.78 is 17.6. The van der Waals surface area contributed by atoms with Crippen molar-refractivity contribution in [2.45, 2.75) is 38.0 Å². The molecule has 40 heavy (non-hydrogen) atoms. The molecule has 1 saturated heterocycles. The molecular weight excluding hydrogens is 512 g/mol. The minimum atomic E-state index is -0.468. The van der Waals surface area contributed by atoms with Crippen LogP contribution in [-0.4, -0.2) is 66.6 Å². The van der Waals surface area contributed by atoms with Crippen LogP contribution in [0.1, 0.15) is 34.3 Å². The highest BCUT2D eigenvalue weighted by molar-refractivity contribution is 5.94. The number of nitrogens with one attached hydrogen (secondary N) is 2. The van der Waals surface area contributed by atoms with Gasteiger partial charge in [-0.15, -0.1) is 0 Å². The molecule has 0 saturated carbocycles. The third-order valence-electron chi connectivity index (χ3n) is 7.04. The summed E-state index contributed by atoms with van der Waals surface area (Å²) in [4.78, 5) is 44.3. The zero-order valence-corrected chi connectivity index (χ0v) is 22.3. The maximum absolute atomic E-state index is 13.1. The number of carbonyl (C=O) groups excluding carboxylic acids is 3. The standard InChI is InChI=1S/C30H32N4O6/c1-38-27-16-20-4-8-26(27)39-19-29(36)33-24-18-34(30(37)22-10-13-31-14-11-22)15-12-25(24)40-23-6-2-21(3-7-23)17-32-28(35)9-5-20/h2-4,6-8,10-11,13-14,16,24-25H,5,9,12,15,17-19H2,1H3,(H,32,35)(H,33,36)/t24-,25-/m1/s1. The molecule has 10 heteroatoms. The molecule has 208 valence electrons. The second kappa shape index (κ2) is 12.5. The zero-order valence-electron chi connectivity index (χ0n) is 22.3. The monoisotopic (exact) mass is 544 g/mol. The van der Waals surface area contributed by atoms with Crippen molar-refractivity contribution in [2.24, 2.45) is 0 Å². The molecule has 1 aromatic heterocycles. The Hall–Kier alpha value is -4.60. The largest absolute Gasteiger partial charge is 0.493 e. The highest BCUT2D eigenvalue weighted by Gasteiger charge is 2.34. The van der Waals surface area contributed by atoms with Gasteiger partial charge in [-0.25, -0.2) is 0 Å². The molecule has 0 spiro atoms. The van der Waals surface area contributed by atoms with Crippen LogP contribution in [0.5, 0.6) is 17.2 Å². The number of hydrogen-bond acceptors (Lipinski definition) is 7. The highest BCUT2D eigenvalue weighted by atomic mass is 16.5. The van der Waals surface area contributed by atoms with E-state index in [9.17, 15) is 14.4 Å². The Labute approximate surface area is 232 Å². The van der Waals surface area contributed by atoms with E-state index in [0.717, 1.165) is 11.1 Å². The van der Waals surface area contributed by atoms with Crippen LogP contribution < -0.4 is 24.8 Å². The minimum absolute atomic E-state index is 0.0541. The molecule has 0 radical (unpaired) electrons. The first-order chi connectivity index (χ1) is 19.5. The van der Waals surface area contributed by atoms with E-state index < -0.39 is 6.04 Å². The minimum Gasteiger partial charge on any atom is -0.493 e. The Morgan fingerprint density at radius 3 is 2.55 bits per heavy atom. The van der Waals surface area contributed by atoms with Crippen LogP contribution in [0.15, 0.2) is 67.0 Å². The number of piperidine rings is 1. The molecule has 0 unspecified atom stereocenters. The maximum Gasteiger partial charge on any atom is 0.258 e. The Bertz CT molecular complexity index is 1350. The third-order valence-corrected chi connectivity index (χ3v) is 7.04. The number of ether oxygens (including phenoxy) is 3. The summed E-state index contributed by atoms with van der Waals surface area (Å²) in [5.41, 5.74) is 2.40. The number of aromatic nitrogens is 1. The number of likely N-dealkylation sites (tertiary alicyclic amines) is 1. The molecule has 10 nitrogen and oxygen atoms in total. The summed E-state index contributed by atoms with van der Waals surface area (Å²) in [6.45, 7) is 0.916. The summed E-state index contributed by atoms with van der Waals surface area (Å²) >= 11 is 0. The van der Waals surface area contributed by atoms with Crippen LogP contribution in [0.25, 0.3) is 0 Å². The van der Waals surface area contributed by atoms with Gasteiger partial charge in [-0.3, -0.25) is 19.4 Å². The second-order valence-electron chi connectivity index (χ2n) is 9.80. The number of benzene rings is 2. The van der Waals surface area contributed by atoms with Gasteiger partial charge in [0.25, 0.3) is 11.8 Å². The normalized spacial score (nSPS) is 19.9. The zero-order chi connectivity index (χ0) is 27.9. The molecule has 0 aliphatic carbocycles. The number of carbonyl (C=O) groups is 3. The lowest BCUT2D eigenvalue weighted by Crippen LogP contribution is -2.58. The number of aryl methyl sites for hydroxylation is 1. The van der Waals surface area contributed by atoms with Crippen LogP contribution in [0.2, 0.25) is 0 Å². The number of nitrogens with zero attached hydrogens (tertiary/aromatic N) is 2. The fourth-order valence-corrected chi connectivity index (χ4v) is 4.86. The average molecular weight is 545 g/mol. The van der Waals surface area contributed by atoms with Gasteiger partial charge in [-0.1, -0.05) is 18.2 Å². The van der Waals surface area contributed by atoms with Gasteiger partial charge >= 0.3 is 0 Å². The molecule has 2 N–H and O–H groups in total. The molecule has 1 fully saturated rings. The van der Waals surface area contributed by atoms with E-state index in [1.165, 1.54) is 7.11 Å². The van der Waals surface area contributed by atoms with Gasteiger partial charge in [-0.05, 0) is 53.9 Å². The lowest BCUT2D eigenvalue weighted by Gasteiger charge is -2.39. The summed E-state index contributed by atoms with van der Waals surface area (Å²) in [5, 5.41) is 5.97. The van der Waals surface area contributed by atoms with Crippen molar-refractivity contribution in [3.8, 4) is 17.2 Å². The number of amides is 3.